The van der Waals surface area contributed by atoms with Gasteiger partial charge in [-0.2, -0.15) is 0 Å². The van der Waals surface area contributed by atoms with Crippen LogP contribution in [0.25, 0.3) is 11.1 Å². The van der Waals surface area contributed by atoms with Crippen LogP contribution in [0.2, 0.25) is 0 Å². The van der Waals surface area contributed by atoms with E-state index in [-0.39, 0.29) is 89.3 Å². The normalized spacial score (nSPS) is 14.0. The Morgan fingerprint density at radius 1 is 0.394 bits per heavy atom. The molecule has 3 aromatic carbocycles. The van der Waals surface area contributed by atoms with Gasteiger partial charge in [-0.25, -0.2) is 0 Å². The van der Waals surface area contributed by atoms with Crippen LogP contribution in [0.1, 0.15) is 96.1 Å². The largest absolute Gasteiger partial charge is 0.394 e. The highest BCUT2D eigenvalue weighted by Gasteiger charge is 2.35. The molecule has 13 amide bonds. The second kappa shape index (κ2) is 47.3. The monoisotopic (exact) mass is 1460 g/mol. The summed E-state index contributed by atoms with van der Waals surface area (Å²) in [6, 6.07) is 11.3. The quantitative estimate of drug-likeness (QED) is 0.0142. The predicted octanol–water partition coefficient (Wildman–Crippen LogP) is -7.56. The van der Waals surface area contributed by atoms with E-state index in [0.29, 0.717) is 31.4 Å². The van der Waals surface area contributed by atoms with Crippen molar-refractivity contribution in [3.8, 4) is 11.1 Å². The number of hydrogen-bond acceptors (Lipinski definition) is 20. The molecule has 37 nitrogen and oxygen atoms in total. The molecular formula is C67H104N22O15. The molecule has 0 radical (unpaired) electrons. The van der Waals surface area contributed by atoms with Crippen molar-refractivity contribution < 1.29 is 72.5 Å². The summed E-state index contributed by atoms with van der Waals surface area (Å²) in [4.78, 5) is 183. The lowest BCUT2D eigenvalue weighted by atomic mass is 10.00. The van der Waals surface area contributed by atoms with Crippen LogP contribution in [0.5, 0.6) is 0 Å². The fraction of sp³-hybridized carbons (Fsp3) is 0.507. The van der Waals surface area contributed by atoms with Crippen LogP contribution in [0.15, 0.2) is 94.9 Å². The van der Waals surface area contributed by atoms with Gasteiger partial charge in [0.05, 0.1) is 38.4 Å². The predicted molar refractivity (Wildman–Crippen MR) is 385 cm³/mol. The fourth-order valence-corrected chi connectivity index (χ4v) is 10.0. The van der Waals surface area contributed by atoms with Crippen molar-refractivity contribution >= 4 is 88.7 Å². The van der Waals surface area contributed by atoms with Gasteiger partial charge in [-0.3, -0.25) is 72.3 Å². The Bertz CT molecular complexity index is 3360. The zero-order valence-electron chi connectivity index (χ0n) is 58.8. The van der Waals surface area contributed by atoms with E-state index in [1.54, 1.807) is 48.5 Å². The molecular weight excluding hydrogens is 1350 g/mol. The molecule has 0 bridgehead atoms. The van der Waals surface area contributed by atoms with E-state index < -0.39 is 170 Å². The highest BCUT2D eigenvalue weighted by molar-refractivity contribution is 5.99. The Morgan fingerprint density at radius 2 is 0.798 bits per heavy atom. The summed E-state index contributed by atoms with van der Waals surface area (Å²) >= 11 is 0. The first-order valence-corrected chi connectivity index (χ1v) is 34.0. The second-order valence-corrected chi connectivity index (χ2v) is 24.5. The Kier molecular flexibility index (Phi) is 39.7. The lowest BCUT2D eigenvalue weighted by Crippen LogP contribution is -2.60. The van der Waals surface area contributed by atoms with Gasteiger partial charge in [0.25, 0.3) is 0 Å². The van der Waals surface area contributed by atoms with E-state index in [0.717, 1.165) is 16.7 Å². The number of aliphatic hydroxyl groups is 2. The lowest BCUT2D eigenvalue weighted by molar-refractivity contribution is -0.136. The van der Waals surface area contributed by atoms with Gasteiger partial charge in [0.2, 0.25) is 76.8 Å². The van der Waals surface area contributed by atoms with Crippen LogP contribution in [0.3, 0.4) is 0 Å². The van der Waals surface area contributed by atoms with E-state index >= 15 is 0 Å². The number of unbranched alkanes of at least 4 members (excludes halogenated alkanes) is 2. The van der Waals surface area contributed by atoms with Crippen molar-refractivity contribution in [1.82, 2.24) is 63.8 Å². The highest BCUT2D eigenvalue weighted by atomic mass is 16.3. The number of aliphatic imine (C=N–C) groups is 2. The molecule has 0 saturated heterocycles. The number of amides is 13. The van der Waals surface area contributed by atoms with Gasteiger partial charge in [0.15, 0.2) is 11.9 Å². The van der Waals surface area contributed by atoms with Gasteiger partial charge in [0.1, 0.15) is 54.4 Å². The SMILES string of the molecule is C[C@H](NC(=O)CNC(=O)[C@@H](NC(=O)[C@H](Cc1ccc(-c2ccccc2)cc1)NC(=O)CNC(=O)CNC(=O)[C@@H](N)Cc1ccccc1)[C@@H](C)O)C(=O)N[C@@H](CCCN=C(N)N)C(=O)N[C@@H](CCCCN)C(=O)N[C@@H](CO)C(=O)N[C@@H](C)C(=O)N[C@@H](CCCN=C(N)N)C(=O)N[C@@H](CCCCN)C(N)=O. The second-order valence-electron chi connectivity index (χ2n) is 24.5. The van der Waals surface area contributed by atoms with Gasteiger partial charge >= 0.3 is 0 Å². The van der Waals surface area contributed by atoms with Crippen LogP contribution < -0.4 is 110 Å². The molecule has 0 aliphatic heterocycles. The van der Waals surface area contributed by atoms with Crippen LogP contribution in [0.4, 0.5) is 0 Å². The molecule has 0 fully saturated rings. The van der Waals surface area contributed by atoms with Crippen molar-refractivity contribution in [2.24, 2.45) is 55.9 Å². The molecule has 3 rings (SSSR count). The molecule has 0 heterocycles. The highest BCUT2D eigenvalue weighted by Crippen LogP contribution is 2.20. The van der Waals surface area contributed by atoms with Crippen molar-refractivity contribution in [3.05, 3.63) is 96.1 Å². The number of nitrogens with two attached hydrogens (primary N) is 8. The maximum atomic E-state index is 14.2. The van der Waals surface area contributed by atoms with Gasteiger partial charge in [-0.1, -0.05) is 84.9 Å². The maximum Gasteiger partial charge on any atom is 0.245 e. The van der Waals surface area contributed by atoms with Gasteiger partial charge in [-0.15, -0.1) is 0 Å². The first-order chi connectivity index (χ1) is 49.5. The summed E-state index contributed by atoms with van der Waals surface area (Å²) in [7, 11) is 0. The molecule has 0 saturated carbocycles. The molecule has 11 atom stereocenters. The Morgan fingerprint density at radius 3 is 1.30 bits per heavy atom. The van der Waals surface area contributed by atoms with Crippen molar-refractivity contribution in [3.63, 3.8) is 0 Å². The first-order valence-electron chi connectivity index (χ1n) is 34.0. The molecule has 3 aromatic rings. The van der Waals surface area contributed by atoms with Crippen molar-refractivity contribution in [2.45, 2.75) is 164 Å². The summed E-state index contributed by atoms with van der Waals surface area (Å²) in [5.74, 6) is -12.2. The zero-order valence-corrected chi connectivity index (χ0v) is 58.8. The first kappa shape index (κ1) is 87.3. The number of hydrogen-bond donors (Lipinski definition) is 22. The number of benzene rings is 3. The van der Waals surface area contributed by atoms with Crippen molar-refractivity contribution in [2.75, 3.05) is 52.4 Å². The molecule has 0 aliphatic rings. The average Bonchev–Trinajstić information content (AvgIpc) is 0.854. The number of carbonyl (C=O) groups excluding carboxylic acids is 13. The lowest BCUT2D eigenvalue weighted by Gasteiger charge is -2.26. The fourth-order valence-electron chi connectivity index (χ4n) is 10.0. The summed E-state index contributed by atoms with van der Waals surface area (Å²) in [6.07, 6.45) is 0.153. The molecule has 0 aliphatic carbocycles. The minimum Gasteiger partial charge on any atom is -0.394 e. The van der Waals surface area contributed by atoms with E-state index in [4.69, 9.17) is 45.9 Å². The minimum atomic E-state index is -1.74. The van der Waals surface area contributed by atoms with Gasteiger partial charge in [0, 0.05) is 19.5 Å². The topological polar surface area (TPSA) is 640 Å². The number of carbonyl (C=O) groups is 13. The third kappa shape index (κ3) is 33.7. The summed E-state index contributed by atoms with van der Waals surface area (Å²) < 4.78 is 0. The summed E-state index contributed by atoms with van der Waals surface area (Å²) in [6.45, 7) is 1.18. The van der Waals surface area contributed by atoms with E-state index in [1.165, 1.54) is 20.8 Å². The van der Waals surface area contributed by atoms with E-state index in [9.17, 15) is 72.5 Å². The average molecular weight is 1460 g/mol. The van der Waals surface area contributed by atoms with E-state index in [2.05, 4.69) is 73.8 Å². The third-order valence-electron chi connectivity index (χ3n) is 15.8. The Labute approximate surface area is 602 Å². The molecule has 104 heavy (non-hydrogen) atoms. The number of nitrogens with zero attached hydrogens (tertiary/aromatic N) is 2. The maximum absolute atomic E-state index is 14.2. The number of primary amides is 1. The third-order valence-corrected chi connectivity index (χ3v) is 15.8. The molecule has 0 unspecified atom stereocenters. The summed E-state index contributed by atoms with van der Waals surface area (Å²) in [5, 5.41) is 50.4. The van der Waals surface area contributed by atoms with Crippen LogP contribution in [-0.4, -0.2) is 218 Å². The van der Waals surface area contributed by atoms with E-state index in [1.807, 2.05) is 36.4 Å². The molecule has 0 spiro atoms. The Hall–Kier alpha value is -10.9. The standard InChI is InChI=1S/C67H104N22O15/c1-38(81-53(93)36-80-65(104)55(40(3)91)89-63(102)50(33-42-24-26-44(27-25-42)43-18-8-5-9-19-43)83-54(94)35-78-52(92)34-79-59(98)45(70)32-41-16-6-4-7-17-41)57(96)85-49(23-15-31-77-67(74)75)61(100)87-47(21-11-13-29-69)62(101)88-51(37-90)64(103)82-39(2)58(97)86-48(22-14-30-76-66(72)73)60(99)84-46(56(71)95)20-10-12-28-68/h4-9,16-19,24-27,38-40,45-51,55,90-91H,10-15,20-23,28-37,68-70H2,1-3H3,(H2,71,95)(H,78,92)(H,79,98)(H,80,104)(H,81,93)(H,82,103)(H,83,94)(H,84,99)(H,85,96)(H,86,97)(H,87,100)(H,88,101)(H,89,102)(H4,72,73,76)(H4,74,75,77)/t38-,39-,40+,45-,46-,47-,48-,49-,50-,51-,55-/m0/s1. The number of aliphatic hydroxyl groups excluding tert-OH is 2. The van der Waals surface area contributed by atoms with Crippen LogP contribution in [-0.2, 0) is 75.2 Å². The zero-order chi connectivity index (χ0) is 77.3. The minimum absolute atomic E-state index is 0.0290. The van der Waals surface area contributed by atoms with Gasteiger partial charge < -0.3 is 120 Å². The molecule has 37 heteroatoms. The summed E-state index contributed by atoms with van der Waals surface area (Å²) in [5.41, 5.74) is 47.8. The number of nitrogens with one attached hydrogen (secondary N) is 12. The van der Waals surface area contributed by atoms with Crippen molar-refractivity contribution in [1.29, 1.82) is 0 Å². The van der Waals surface area contributed by atoms with Gasteiger partial charge in [-0.05, 0) is 127 Å². The molecule has 572 valence electrons. The molecule has 0 aromatic heterocycles. The number of rotatable bonds is 48. The Balaban J connectivity index is 1.72. The van der Waals surface area contributed by atoms with Crippen LogP contribution >= 0.6 is 0 Å². The number of guanidine groups is 2. The smallest absolute Gasteiger partial charge is 0.245 e. The van der Waals surface area contributed by atoms with Crippen LogP contribution in [0, 0.1) is 0 Å². The molecule has 30 N–H and O–H groups in total.